The lowest BCUT2D eigenvalue weighted by Crippen LogP contribution is -2.01. The Balaban J connectivity index is 1.38. The lowest BCUT2D eigenvalue weighted by Gasteiger charge is -2.13. The molecule has 0 saturated heterocycles. The zero-order chi connectivity index (χ0) is 33.4. The lowest BCUT2D eigenvalue weighted by atomic mass is 9.94. The summed E-state index contributed by atoms with van der Waals surface area (Å²) in [7, 11) is 0. The predicted octanol–water partition coefficient (Wildman–Crippen LogP) is 12.1. The molecule has 4 nitrogen and oxygen atoms in total. The molecule has 2 aromatic heterocycles. The van der Waals surface area contributed by atoms with Gasteiger partial charge >= 0.3 is 0 Å². The highest BCUT2D eigenvalue weighted by Crippen LogP contribution is 2.39. The summed E-state index contributed by atoms with van der Waals surface area (Å²) in [5.41, 5.74) is 9.08. The van der Waals surface area contributed by atoms with E-state index in [4.69, 9.17) is 19.4 Å². The molecule has 0 radical (unpaired) electrons. The summed E-state index contributed by atoms with van der Waals surface area (Å²) in [6, 6.07) is 31.4. The highest BCUT2D eigenvalue weighted by Gasteiger charge is 2.20. The molecule has 0 bridgehead atoms. The monoisotopic (exact) mass is 637 g/mol. The van der Waals surface area contributed by atoms with E-state index in [2.05, 4.69) is 98.1 Å². The molecule has 0 fully saturated rings. The molecule has 0 atom stereocenters. The number of hydrogen-bond acceptors (Lipinski definition) is 4. The first kappa shape index (κ1) is 31.7. The first-order valence-corrected chi connectivity index (χ1v) is 17.0. The minimum atomic E-state index is 0.618. The second-order valence-corrected chi connectivity index (χ2v) is 12.3. The fourth-order valence-electron chi connectivity index (χ4n) is 6.31. The molecule has 0 unspecified atom stereocenters. The van der Waals surface area contributed by atoms with Crippen molar-refractivity contribution < 1.29 is 4.42 Å². The predicted molar refractivity (Wildman–Crippen MR) is 205 cm³/mol. The summed E-state index contributed by atoms with van der Waals surface area (Å²) in [5.74, 6) is 1.89. The van der Waals surface area contributed by atoms with E-state index in [9.17, 15) is 0 Å². The van der Waals surface area contributed by atoms with E-state index in [-0.39, 0.29) is 0 Å². The van der Waals surface area contributed by atoms with E-state index in [1.165, 1.54) is 11.1 Å². The van der Waals surface area contributed by atoms with E-state index >= 15 is 0 Å². The van der Waals surface area contributed by atoms with Gasteiger partial charge < -0.3 is 4.42 Å². The standard InChI is InChI=1S/C45H39N3O/c1-3-4-5-6-10-19-33-26-28-36(29-27-33)44-46-43(35-21-12-8-13-22-35)47-45(48-44)39-30-37(34-20-11-7-9-17-32(2)18-16-23-34)31-41-42(39)38-24-14-15-25-40(38)49-41/h3-5,8-9,12-18,21-31H,1-2,6-7,10-11,19-20H2/b5-4-,17-9-,18-16-,34-23+. The molecule has 240 valence electrons. The number of para-hydroxylation sites is 1. The molecule has 7 rings (SSSR count). The summed E-state index contributed by atoms with van der Waals surface area (Å²) in [5, 5.41) is 2.04. The number of aryl methyl sites for hydroxylation is 1. The van der Waals surface area contributed by atoms with Crippen LogP contribution in [-0.4, -0.2) is 15.0 Å². The van der Waals surface area contributed by atoms with E-state index < -0.39 is 0 Å². The van der Waals surface area contributed by atoms with Crippen LogP contribution < -0.4 is 0 Å². The zero-order valence-corrected chi connectivity index (χ0v) is 27.7. The number of aromatic nitrogens is 3. The Labute approximate surface area is 288 Å². The van der Waals surface area contributed by atoms with Crippen molar-refractivity contribution in [2.24, 2.45) is 0 Å². The van der Waals surface area contributed by atoms with Gasteiger partial charge in [0.1, 0.15) is 11.2 Å². The van der Waals surface area contributed by atoms with Gasteiger partial charge in [-0.1, -0.05) is 135 Å². The number of fused-ring (bicyclic) bond motifs is 3. The van der Waals surface area contributed by atoms with Crippen LogP contribution >= 0.6 is 0 Å². The normalized spacial score (nSPS) is 16.1. The van der Waals surface area contributed by atoms with Crippen molar-refractivity contribution >= 4 is 27.5 Å². The van der Waals surface area contributed by atoms with Crippen LogP contribution in [-0.2, 0) is 6.42 Å². The van der Waals surface area contributed by atoms with Gasteiger partial charge in [0.15, 0.2) is 17.5 Å². The van der Waals surface area contributed by atoms with Gasteiger partial charge in [-0.2, -0.15) is 0 Å². The lowest BCUT2D eigenvalue weighted by molar-refractivity contribution is 0.669. The average molecular weight is 638 g/mol. The van der Waals surface area contributed by atoms with Crippen LogP contribution in [0.15, 0.2) is 163 Å². The fraction of sp³-hybridized carbons (Fsp3) is 0.133. The molecule has 1 aliphatic rings. The zero-order valence-electron chi connectivity index (χ0n) is 27.7. The van der Waals surface area contributed by atoms with Gasteiger partial charge in [0.25, 0.3) is 0 Å². The first-order chi connectivity index (χ1) is 24.2. The number of rotatable bonds is 9. The third-order valence-corrected chi connectivity index (χ3v) is 8.83. The summed E-state index contributed by atoms with van der Waals surface area (Å²) in [6.07, 6.45) is 22.7. The minimum absolute atomic E-state index is 0.618. The van der Waals surface area contributed by atoms with E-state index in [0.717, 1.165) is 88.3 Å². The molecule has 0 amide bonds. The van der Waals surface area contributed by atoms with Crippen molar-refractivity contribution in [3.63, 3.8) is 0 Å². The number of unbranched alkanes of at least 4 members (excludes halogenated alkanes) is 1. The molecule has 49 heavy (non-hydrogen) atoms. The molecule has 0 aliphatic heterocycles. The maximum absolute atomic E-state index is 6.51. The van der Waals surface area contributed by atoms with Crippen molar-refractivity contribution in [2.75, 3.05) is 0 Å². The summed E-state index contributed by atoms with van der Waals surface area (Å²) < 4.78 is 6.51. The number of nitrogens with zero attached hydrogens (tertiary/aromatic N) is 3. The van der Waals surface area contributed by atoms with Gasteiger partial charge in [-0.3, -0.25) is 0 Å². The molecular weight excluding hydrogens is 599 g/mol. The quantitative estimate of drug-likeness (QED) is 0.117. The SMILES string of the molecule is C=C/C=C\CCCc1ccc(-c2nc(-c3ccccc3)nc(-c3cc(/C4=C/C=C\C(=C)/C=C\CCC4)cc4oc5ccccc5c34)n2)cc1. The van der Waals surface area contributed by atoms with Crippen LogP contribution in [0.1, 0.15) is 43.2 Å². The first-order valence-electron chi connectivity index (χ1n) is 17.0. The Morgan fingerprint density at radius 1 is 0.755 bits per heavy atom. The van der Waals surface area contributed by atoms with Crippen LogP contribution in [0.2, 0.25) is 0 Å². The van der Waals surface area contributed by atoms with Crippen molar-refractivity contribution in [3.05, 3.63) is 169 Å². The fourth-order valence-corrected chi connectivity index (χ4v) is 6.31. The molecule has 0 N–H and O–H groups in total. The van der Waals surface area contributed by atoms with Gasteiger partial charge in [-0.25, -0.2) is 15.0 Å². The van der Waals surface area contributed by atoms with Crippen molar-refractivity contribution in [3.8, 4) is 34.2 Å². The van der Waals surface area contributed by atoms with Gasteiger partial charge in [-0.15, -0.1) is 0 Å². The highest BCUT2D eigenvalue weighted by molar-refractivity contribution is 6.12. The minimum Gasteiger partial charge on any atom is -0.456 e. The maximum Gasteiger partial charge on any atom is 0.164 e. The molecular formula is C45H39N3O. The topological polar surface area (TPSA) is 51.8 Å². The largest absolute Gasteiger partial charge is 0.456 e. The van der Waals surface area contributed by atoms with Gasteiger partial charge in [0.2, 0.25) is 0 Å². The van der Waals surface area contributed by atoms with E-state index in [0.29, 0.717) is 17.5 Å². The molecule has 1 aliphatic carbocycles. The number of hydrogen-bond donors (Lipinski definition) is 0. The second-order valence-electron chi connectivity index (χ2n) is 12.3. The van der Waals surface area contributed by atoms with Crippen LogP contribution in [0.3, 0.4) is 0 Å². The summed E-state index contributed by atoms with van der Waals surface area (Å²) in [4.78, 5) is 15.3. The average Bonchev–Trinajstić information content (AvgIpc) is 3.53. The molecule has 6 aromatic rings. The van der Waals surface area contributed by atoms with Crippen LogP contribution in [0.5, 0.6) is 0 Å². The van der Waals surface area contributed by atoms with Gasteiger partial charge in [-0.05, 0) is 79.0 Å². The van der Waals surface area contributed by atoms with Crippen LogP contribution in [0, 0.1) is 0 Å². The summed E-state index contributed by atoms with van der Waals surface area (Å²) in [6.45, 7) is 7.91. The Morgan fingerprint density at radius 2 is 1.51 bits per heavy atom. The Morgan fingerprint density at radius 3 is 2.33 bits per heavy atom. The van der Waals surface area contributed by atoms with Crippen molar-refractivity contribution in [1.82, 2.24) is 15.0 Å². The Hall–Kier alpha value is -5.87. The number of benzene rings is 4. The highest BCUT2D eigenvalue weighted by atomic mass is 16.3. The van der Waals surface area contributed by atoms with Crippen LogP contribution in [0.4, 0.5) is 0 Å². The second kappa shape index (κ2) is 14.9. The smallest absolute Gasteiger partial charge is 0.164 e. The third kappa shape index (κ3) is 7.34. The van der Waals surface area contributed by atoms with Gasteiger partial charge in [0.05, 0.1) is 0 Å². The van der Waals surface area contributed by atoms with E-state index in [1.54, 1.807) is 0 Å². The molecule has 4 heteroatoms. The molecule has 0 saturated carbocycles. The van der Waals surface area contributed by atoms with Crippen molar-refractivity contribution in [1.29, 1.82) is 0 Å². The Bertz CT molecular complexity index is 2250. The van der Waals surface area contributed by atoms with Crippen molar-refractivity contribution in [2.45, 2.75) is 38.5 Å². The third-order valence-electron chi connectivity index (χ3n) is 8.83. The molecule has 4 aromatic carbocycles. The number of allylic oxidation sites excluding steroid dienone is 10. The maximum atomic E-state index is 6.51. The molecule has 2 heterocycles. The van der Waals surface area contributed by atoms with Gasteiger partial charge in [0, 0.05) is 27.5 Å². The van der Waals surface area contributed by atoms with Crippen LogP contribution in [0.25, 0.3) is 61.7 Å². The Kier molecular flexibility index (Phi) is 9.65. The summed E-state index contributed by atoms with van der Waals surface area (Å²) >= 11 is 0. The van der Waals surface area contributed by atoms with E-state index in [1.807, 2.05) is 54.6 Å². The number of furan rings is 1. The molecule has 0 spiro atoms.